The summed E-state index contributed by atoms with van der Waals surface area (Å²) in [5, 5.41) is 0. The highest BCUT2D eigenvalue weighted by Crippen LogP contribution is 2.20. The number of aromatic nitrogens is 2. The number of piperidine rings is 1. The molecule has 3 rings (SSSR count). The SMILES string of the molecule is CCOc1ccc(OCC(=O)N2CCC(Cn3ccnc3)CC2)cc1. The van der Waals surface area contributed by atoms with E-state index in [1.165, 1.54) is 0 Å². The first-order chi connectivity index (χ1) is 12.2. The van der Waals surface area contributed by atoms with Crippen molar-refractivity contribution in [1.29, 1.82) is 0 Å². The molecular weight excluding hydrogens is 318 g/mol. The lowest BCUT2D eigenvalue weighted by molar-refractivity contribution is -0.134. The van der Waals surface area contributed by atoms with E-state index in [1.54, 1.807) is 6.20 Å². The number of nitrogens with zero attached hydrogens (tertiary/aromatic N) is 3. The third-order valence-electron chi connectivity index (χ3n) is 4.49. The third-order valence-corrected chi connectivity index (χ3v) is 4.49. The molecule has 134 valence electrons. The number of rotatable bonds is 7. The summed E-state index contributed by atoms with van der Waals surface area (Å²) in [4.78, 5) is 18.3. The predicted octanol–water partition coefficient (Wildman–Crippen LogP) is 2.60. The summed E-state index contributed by atoms with van der Waals surface area (Å²) in [6.45, 7) is 5.23. The Morgan fingerprint density at radius 3 is 2.44 bits per heavy atom. The second-order valence-electron chi connectivity index (χ2n) is 6.28. The molecule has 0 bridgehead atoms. The Balaban J connectivity index is 1.40. The Kier molecular flexibility index (Phi) is 5.93. The highest BCUT2D eigenvalue weighted by atomic mass is 16.5. The molecule has 1 aromatic heterocycles. The van der Waals surface area contributed by atoms with Crippen LogP contribution in [0.15, 0.2) is 43.0 Å². The summed E-state index contributed by atoms with van der Waals surface area (Å²) in [6.07, 6.45) is 7.68. The fraction of sp³-hybridized carbons (Fsp3) is 0.474. The molecule has 2 heterocycles. The summed E-state index contributed by atoms with van der Waals surface area (Å²) in [5.41, 5.74) is 0. The first-order valence-corrected chi connectivity index (χ1v) is 8.83. The van der Waals surface area contributed by atoms with E-state index in [-0.39, 0.29) is 12.5 Å². The van der Waals surface area contributed by atoms with Crippen LogP contribution in [0.4, 0.5) is 0 Å². The summed E-state index contributed by atoms with van der Waals surface area (Å²) in [6, 6.07) is 7.36. The zero-order valence-electron chi connectivity index (χ0n) is 14.6. The molecule has 6 nitrogen and oxygen atoms in total. The van der Waals surface area contributed by atoms with Gasteiger partial charge >= 0.3 is 0 Å². The number of hydrogen-bond donors (Lipinski definition) is 0. The van der Waals surface area contributed by atoms with Crippen LogP contribution in [0, 0.1) is 5.92 Å². The Labute approximate surface area is 148 Å². The van der Waals surface area contributed by atoms with Crippen molar-refractivity contribution in [1.82, 2.24) is 14.5 Å². The molecule has 1 aliphatic rings. The molecule has 0 N–H and O–H groups in total. The van der Waals surface area contributed by atoms with Gasteiger partial charge in [-0.2, -0.15) is 0 Å². The Morgan fingerprint density at radius 2 is 1.84 bits per heavy atom. The zero-order valence-corrected chi connectivity index (χ0v) is 14.6. The van der Waals surface area contributed by atoms with Crippen LogP contribution < -0.4 is 9.47 Å². The molecule has 6 heteroatoms. The number of likely N-dealkylation sites (tertiary alicyclic amines) is 1. The van der Waals surface area contributed by atoms with Gasteiger partial charge in [0.15, 0.2) is 6.61 Å². The van der Waals surface area contributed by atoms with Gasteiger partial charge in [0.05, 0.1) is 12.9 Å². The number of imidazole rings is 1. The smallest absolute Gasteiger partial charge is 0.260 e. The van der Waals surface area contributed by atoms with E-state index >= 15 is 0 Å². The molecule has 1 saturated heterocycles. The fourth-order valence-electron chi connectivity index (χ4n) is 3.09. The van der Waals surface area contributed by atoms with Crippen LogP contribution in [-0.2, 0) is 11.3 Å². The van der Waals surface area contributed by atoms with Gasteiger partial charge in [-0.3, -0.25) is 4.79 Å². The van der Waals surface area contributed by atoms with E-state index in [4.69, 9.17) is 9.47 Å². The molecule has 0 unspecified atom stereocenters. The highest BCUT2D eigenvalue weighted by molar-refractivity contribution is 5.77. The molecule has 1 aromatic carbocycles. The normalized spacial score (nSPS) is 15.2. The van der Waals surface area contributed by atoms with Crippen molar-refractivity contribution in [3.8, 4) is 11.5 Å². The largest absolute Gasteiger partial charge is 0.494 e. The Hall–Kier alpha value is -2.50. The quantitative estimate of drug-likeness (QED) is 0.775. The highest BCUT2D eigenvalue weighted by Gasteiger charge is 2.23. The minimum Gasteiger partial charge on any atom is -0.494 e. The van der Waals surface area contributed by atoms with Crippen LogP contribution in [0.3, 0.4) is 0 Å². The van der Waals surface area contributed by atoms with Crippen LogP contribution >= 0.6 is 0 Å². The van der Waals surface area contributed by atoms with Gasteiger partial charge in [-0.15, -0.1) is 0 Å². The van der Waals surface area contributed by atoms with Crippen molar-refractivity contribution < 1.29 is 14.3 Å². The molecule has 0 radical (unpaired) electrons. The molecule has 0 atom stereocenters. The second-order valence-corrected chi connectivity index (χ2v) is 6.28. The van der Waals surface area contributed by atoms with Crippen molar-refractivity contribution in [2.75, 3.05) is 26.3 Å². The zero-order chi connectivity index (χ0) is 17.5. The average molecular weight is 343 g/mol. The molecule has 0 aliphatic carbocycles. The minimum atomic E-state index is 0.0509. The van der Waals surface area contributed by atoms with E-state index in [0.29, 0.717) is 18.3 Å². The van der Waals surface area contributed by atoms with Crippen molar-refractivity contribution >= 4 is 5.91 Å². The van der Waals surface area contributed by atoms with E-state index in [9.17, 15) is 4.79 Å². The summed E-state index contributed by atoms with van der Waals surface area (Å²) in [7, 11) is 0. The van der Waals surface area contributed by atoms with Crippen LogP contribution in [0.2, 0.25) is 0 Å². The van der Waals surface area contributed by atoms with Crippen LogP contribution in [-0.4, -0.2) is 46.7 Å². The first kappa shape index (κ1) is 17.3. The lowest BCUT2D eigenvalue weighted by Crippen LogP contribution is -2.41. The van der Waals surface area contributed by atoms with Crippen molar-refractivity contribution in [3.63, 3.8) is 0 Å². The van der Waals surface area contributed by atoms with Crippen LogP contribution in [0.1, 0.15) is 19.8 Å². The lowest BCUT2D eigenvalue weighted by Gasteiger charge is -2.32. The standard InChI is InChI=1S/C19H25N3O3/c1-2-24-17-3-5-18(6-4-17)25-14-19(23)22-10-7-16(8-11-22)13-21-12-9-20-15-21/h3-6,9,12,15-16H,2,7-8,10-11,13-14H2,1H3. The van der Waals surface area contributed by atoms with Crippen molar-refractivity contribution in [3.05, 3.63) is 43.0 Å². The molecule has 25 heavy (non-hydrogen) atoms. The maximum Gasteiger partial charge on any atom is 0.260 e. The topological polar surface area (TPSA) is 56.6 Å². The molecule has 0 saturated carbocycles. The fourth-order valence-corrected chi connectivity index (χ4v) is 3.09. The van der Waals surface area contributed by atoms with Gasteiger partial charge in [-0.05, 0) is 49.9 Å². The third kappa shape index (κ3) is 4.98. The van der Waals surface area contributed by atoms with Crippen molar-refractivity contribution in [2.45, 2.75) is 26.3 Å². The monoisotopic (exact) mass is 343 g/mol. The Morgan fingerprint density at radius 1 is 1.16 bits per heavy atom. The van der Waals surface area contributed by atoms with E-state index in [0.717, 1.165) is 38.2 Å². The second kappa shape index (κ2) is 8.55. The summed E-state index contributed by atoms with van der Waals surface area (Å²) < 4.78 is 13.1. The number of carbonyl (C=O) groups is 1. The van der Waals surface area contributed by atoms with Gasteiger partial charge in [0.1, 0.15) is 11.5 Å². The van der Waals surface area contributed by atoms with Gasteiger partial charge < -0.3 is 18.9 Å². The number of hydrogen-bond acceptors (Lipinski definition) is 4. The molecular formula is C19H25N3O3. The molecule has 2 aromatic rings. The minimum absolute atomic E-state index is 0.0509. The van der Waals surface area contributed by atoms with E-state index in [1.807, 2.05) is 48.6 Å². The number of amides is 1. The first-order valence-electron chi connectivity index (χ1n) is 8.83. The predicted molar refractivity (Wildman–Crippen MR) is 94.6 cm³/mol. The number of ether oxygens (including phenoxy) is 2. The molecule has 1 amide bonds. The van der Waals surface area contributed by atoms with E-state index in [2.05, 4.69) is 9.55 Å². The van der Waals surface area contributed by atoms with Gasteiger partial charge in [0.2, 0.25) is 0 Å². The number of benzene rings is 1. The summed E-state index contributed by atoms with van der Waals surface area (Å²) in [5.74, 6) is 2.15. The van der Waals surface area contributed by atoms with Crippen LogP contribution in [0.25, 0.3) is 0 Å². The number of carbonyl (C=O) groups excluding carboxylic acids is 1. The maximum absolute atomic E-state index is 12.3. The maximum atomic E-state index is 12.3. The Bertz CT molecular complexity index is 647. The summed E-state index contributed by atoms with van der Waals surface area (Å²) >= 11 is 0. The van der Waals surface area contributed by atoms with Crippen LogP contribution in [0.5, 0.6) is 11.5 Å². The van der Waals surface area contributed by atoms with Gasteiger partial charge in [-0.25, -0.2) is 4.98 Å². The van der Waals surface area contributed by atoms with Gasteiger partial charge in [0, 0.05) is 32.0 Å². The molecule has 1 fully saturated rings. The average Bonchev–Trinajstić information content (AvgIpc) is 3.15. The molecule has 0 spiro atoms. The van der Waals surface area contributed by atoms with Gasteiger partial charge in [-0.1, -0.05) is 0 Å². The lowest BCUT2D eigenvalue weighted by atomic mass is 9.97. The van der Waals surface area contributed by atoms with E-state index < -0.39 is 0 Å². The van der Waals surface area contributed by atoms with Gasteiger partial charge in [0.25, 0.3) is 5.91 Å². The molecule has 1 aliphatic heterocycles. The van der Waals surface area contributed by atoms with Crippen molar-refractivity contribution in [2.24, 2.45) is 5.92 Å².